The number of hydrogen-bond acceptors (Lipinski definition) is 4. The van der Waals surface area contributed by atoms with Gasteiger partial charge in [0.05, 0.1) is 17.5 Å². The summed E-state index contributed by atoms with van der Waals surface area (Å²) in [6.07, 6.45) is 0. The van der Waals surface area contributed by atoms with E-state index in [1.807, 2.05) is 12.1 Å². The summed E-state index contributed by atoms with van der Waals surface area (Å²) in [7, 11) is 0. The van der Waals surface area contributed by atoms with Crippen LogP contribution >= 0.6 is 27.7 Å². The van der Waals surface area contributed by atoms with Crippen LogP contribution in [-0.2, 0) is 9.59 Å². The molecule has 0 aliphatic heterocycles. The van der Waals surface area contributed by atoms with Crippen LogP contribution in [0.3, 0.4) is 0 Å². The second kappa shape index (κ2) is 7.40. The molecule has 5 nitrogen and oxygen atoms in total. The highest BCUT2D eigenvalue weighted by molar-refractivity contribution is 9.10. The Balaban J connectivity index is 2.30. The van der Waals surface area contributed by atoms with E-state index in [0.717, 1.165) is 4.47 Å². The predicted molar refractivity (Wildman–Crippen MR) is 71.8 cm³/mol. The molecule has 1 rings (SSSR count). The predicted octanol–water partition coefficient (Wildman–Crippen LogP) is -0.519. The highest BCUT2D eigenvalue weighted by Crippen LogP contribution is 2.14. The molecule has 0 heterocycles. The van der Waals surface area contributed by atoms with Crippen LogP contribution in [0.5, 0.6) is 0 Å². The fraction of sp³-hybridized carbons (Fsp3) is 0.273. The van der Waals surface area contributed by atoms with Crippen LogP contribution in [0.15, 0.2) is 28.7 Å². The first-order valence-corrected chi connectivity index (χ1v) is 7.11. The van der Waals surface area contributed by atoms with Crippen molar-refractivity contribution in [3.8, 4) is 0 Å². The van der Waals surface area contributed by atoms with Crippen molar-refractivity contribution in [1.29, 1.82) is 0 Å². The topological polar surface area (TPSA) is 96.9 Å². The quantitative estimate of drug-likeness (QED) is 0.732. The number of carbonyl (C=O) groups excluding carboxylic acids is 2. The van der Waals surface area contributed by atoms with E-state index in [0.29, 0.717) is 5.69 Å². The van der Waals surface area contributed by atoms with Crippen LogP contribution in [0.4, 0.5) is 5.69 Å². The number of amides is 1. The minimum atomic E-state index is -1.20. The molecule has 0 saturated heterocycles. The number of rotatable bonds is 6. The summed E-state index contributed by atoms with van der Waals surface area (Å²) in [5, 5.41) is 13.1. The number of anilines is 1. The Kier molecular flexibility index (Phi) is 6.17. The first-order chi connectivity index (χ1) is 8.49. The van der Waals surface area contributed by atoms with Gasteiger partial charge in [-0.3, -0.25) is 4.79 Å². The normalized spacial score (nSPS) is 11.9. The van der Waals surface area contributed by atoms with Gasteiger partial charge in [-0.05, 0) is 24.3 Å². The van der Waals surface area contributed by atoms with E-state index >= 15 is 0 Å². The smallest absolute Gasteiger partial charge is 0.234 e. The molecular formula is C11H13BrN2O3S. The van der Waals surface area contributed by atoms with Crippen molar-refractivity contribution in [3.63, 3.8) is 0 Å². The third-order valence-corrected chi connectivity index (χ3v) is 3.65. The SMILES string of the molecule is [NH3+][C@@H](CSCC(=O)Nc1ccc(Br)cc1)C(=O)[O-]. The van der Waals surface area contributed by atoms with E-state index < -0.39 is 12.0 Å². The third-order valence-electron chi connectivity index (χ3n) is 2.01. The molecule has 0 aliphatic rings. The van der Waals surface area contributed by atoms with Gasteiger partial charge in [0, 0.05) is 10.2 Å². The van der Waals surface area contributed by atoms with Crippen molar-refractivity contribution in [2.75, 3.05) is 16.8 Å². The van der Waals surface area contributed by atoms with E-state index in [1.54, 1.807) is 12.1 Å². The zero-order valence-corrected chi connectivity index (χ0v) is 11.9. The van der Waals surface area contributed by atoms with Gasteiger partial charge in [0.15, 0.2) is 0 Å². The molecule has 0 fully saturated rings. The second-order valence-corrected chi connectivity index (χ2v) is 5.53. The first-order valence-electron chi connectivity index (χ1n) is 5.16. The molecule has 1 aromatic carbocycles. The van der Waals surface area contributed by atoms with E-state index in [-0.39, 0.29) is 17.4 Å². The lowest BCUT2D eigenvalue weighted by Gasteiger charge is -2.09. The molecule has 0 saturated carbocycles. The number of halogens is 1. The summed E-state index contributed by atoms with van der Waals surface area (Å²) in [5.41, 5.74) is 4.11. The van der Waals surface area contributed by atoms with Gasteiger partial charge in [-0.15, -0.1) is 11.8 Å². The zero-order chi connectivity index (χ0) is 13.5. The molecule has 0 radical (unpaired) electrons. The van der Waals surface area contributed by atoms with Crippen molar-refractivity contribution in [2.24, 2.45) is 0 Å². The van der Waals surface area contributed by atoms with Crippen LogP contribution in [0.25, 0.3) is 0 Å². The number of benzene rings is 1. The number of hydrogen-bond donors (Lipinski definition) is 2. The maximum absolute atomic E-state index is 11.5. The average molecular weight is 333 g/mol. The number of carboxylic acid groups (broad SMARTS) is 1. The molecule has 0 unspecified atom stereocenters. The molecular weight excluding hydrogens is 320 g/mol. The number of thioether (sulfide) groups is 1. The summed E-state index contributed by atoms with van der Waals surface area (Å²) in [4.78, 5) is 21.9. The van der Waals surface area contributed by atoms with Crippen LogP contribution in [-0.4, -0.2) is 29.4 Å². The Bertz CT molecular complexity index is 425. The summed E-state index contributed by atoms with van der Waals surface area (Å²) >= 11 is 4.51. The molecule has 0 aliphatic carbocycles. The summed E-state index contributed by atoms with van der Waals surface area (Å²) < 4.78 is 0.934. The van der Waals surface area contributed by atoms with Gasteiger partial charge in [-0.2, -0.15) is 0 Å². The third kappa shape index (κ3) is 5.52. The van der Waals surface area contributed by atoms with Crippen molar-refractivity contribution >= 4 is 45.3 Å². The lowest BCUT2D eigenvalue weighted by molar-refractivity contribution is -0.431. The van der Waals surface area contributed by atoms with Crippen LogP contribution in [0, 0.1) is 0 Å². The highest BCUT2D eigenvalue weighted by atomic mass is 79.9. The summed E-state index contributed by atoms with van der Waals surface area (Å²) in [6.45, 7) is 0. The molecule has 1 aromatic rings. The largest absolute Gasteiger partial charge is 0.544 e. The number of aliphatic carboxylic acids is 1. The highest BCUT2D eigenvalue weighted by Gasteiger charge is 2.09. The average Bonchev–Trinajstić information content (AvgIpc) is 2.32. The summed E-state index contributed by atoms with van der Waals surface area (Å²) in [6, 6.07) is 6.40. The maximum atomic E-state index is 11.5. The van der Waals surface area contributed by atoms with E-state index in [4.69, 9.17) is 0 Å². The molecule has 0 bridgehead atoms. The lowest BCUT2D eigenvalue weighted by Crippen LogP contribution is -2.69. The Morgan fingerprint density at radius 2 is 2.00 bits per heavy atom. The fourth-order valence-corrected chi connectivity index (χ4v) is 2.15. The first kappa shape index (κ1) is 15.0. The molecule has 0 aromatic heterocycles. The standard InChI is InChI=1S/C11H13BrN2O3S/c12-7-1-3-8(4-2-7)14-10(15)6-18-5-9(13)11(16)17/h1-4,9H,5-6,13H2,(H,14,15)(H,16,17)/t9-/m0/s1. The minimum Gasteiger partial charge on any atom is -0.544 e. The van der Waals surface area contributed by atoms with Gasteiger partial charge < -0.3 is 21.0 Å². The fourth-order valence-electron chi connectivity index (χ4n) is 1.09. The zero-order valence-electron chi connectivity index (χ0n) is 9.52. The Labute approximate surface area is 117 Å². The number of carbonyl (C=O) groups is 2. The van der Waals surface area contributed by atoms with Crippen LogP contribution in [0.2, 0.25) is 0 Å². The van der Waals surface area contributed by atoms with Gasteiger partial charge in [0.25, 0.3) is 0 Å². The van der Waals surface area contributed by atoms with E-state index in [2.05, 4.69) is 27.0 Å². The maximum Gasteiger partial charge on any atom is 0.234 e. The molecule has 18 heavy (non-hydrogen) atoms. The van der Waals surface area contributed by atoms with Crippen molar-refractivity contribution in [3.05, 3.63) is 28.7 Å². The van der Waals surface area contributed by atoms with Crippen LogP contribution < -0.4 is 16.2 Å². The van der Waals surface area contributed by atoms with Crippen molar-refractivity contribution < 1.29 is 20.4 Å². The second-order valence-electron chi connectivity index (χ2n) is 3.59. The molecule has 98 valence electrons. The minimum absolute atomic E-state index is 0.173. The Hall–Kier alpha value is -1.05. The number of quaternary nitrogens is 1. The van der Waals surface area contributed by atoms with E-state index in [9.17, 15) is 14.7 Å². The lowest BCUT2D eigenvalue weighted by atomic mass is 10.3. The number of carboxylic acids is 1. The van der Waals surface area contributed by atoms with Gasteiger partial charge in [-0.25, -0.2) is 0 Å². The van der Waals surface area contributed by atoms with Gasteiger partial charge in [0.2, 0.25) is 5.91 Å². The Morgan fingerprint density at radius 3 is 2.56 bits per heavy atom. The number of nitrogens with one attached hydrogen (secondary N) is 1. The van der Waals surface area contributed by atoms with Crippen LogP contribution in [0.1, 0.15) is 0 Å². The van der Waals surface area contributed by atoms with E-state index in [1.165, 1.54) is 11.8 Å². The molecule has 1 atom stereocenters. The molecule has 7 heteroatoms. The van der Waals surface area contributed by atoms with Crippen molar-refractivity contribution in [2.45, 2.75) is 6.04 Å². The molecule has 0 spiro atoms. The van der Waals surface area contributed by atoms with Gasteiger partial charge >= 0.3 is 0 Å². The van der Waals surface area contributed by atoms with Gasteiger partial charge in [0.1, 0.15) is 6.04 Å². The molecule has 4 N–H and O–H groups in total. The summed E-state index contributed by atoms with van der Waals surface area (Å²) in [5.74, 6) is -0.922. The monoisotopic (exact) mass is 332 g/mol. The van der Waals surface area contributed by atoms with Gasteiger partial charge in [-0.1, -0.05) is 15.9 Å². The Morgan fingerprint density at radius 1 is 1.39 bits per heavy atom. The van der Waals surface area contributed by atoms with Crippen molar-refractivity contribution in [1.82, 2.24) is 0 Å². The molecule has 1 amide bonds.